The van der Waals surface area contributed by atoms with Crippen LogP contribution in [0.2, 0.25) is 0 Å². The summed E-state index contributed by atoms with van der Waals surface area (Å²) in [6.07, 6.45) is 0. The summed E-state index contributed by atoms with van der Waals surface area (Å²) >= 11 is 0. The standard InChI is InChI=1S/C18H20N2O5/c1-11-5-6-13(9-16(11)20(22)23)18(21)19-12(2)15-10-14(24-3)7-8-17(15)25-4/h5-10,12H,1-4H3,(H,19,21)/t12-/m0/s1. The Morgan fingerprint density at radius 3 is 2.48 bits per heavy atom. The van der Waals surface area contributed by atoms with E-state index < -0.39 is 10.8 Å². The molecule has 0 aliphatic carbocycles. The lowest BCUT2D eigenvalue weighted by Crippen LogP contribution is -2.27. The summed E-state index contributed by atoms with van der Waals surface area (Å²) in [7, 11) is 3.10. The van der Waals surface area contributed by atoms with Crippen LogP contribution in [-0.2, 0) is 0 Å². The summed E-state index contributed by atoms with van der Waals surface area (Å²) in [6.45, 7) is 3.43. The van der Waals surface area contributed by atoms with Crippen LogP contribution in [0.1, 0.15) is 34.5 Å². The van der Waals surface area contributed by atoms with Crippen molar-refractivity contribution >= 4 is 11.6 Å². The molecule has 0 bridgehead atoms. The van der Waals surface area contributed by atoms with Crippen LogP contribution < -0.4 is 14.8 Å². The number of ether oxygens (including phenoxy) is 2. The molecule has 0 fully saturated rings. The summed E-state index contributed by atoms with van der Waals surface area (Å²) in [6, 6.07) is 9.32. The molecule has 0 aliphatic heterocycles. The molecule has 0 saturated carbocycles. The molecule has 1 N–H and O–H groups in total. The molecule has 2 aromatic carbocycles. The molecule has 0 unspecified atom stereocenters. The molecule has 7 nitrogen and oxygen atoms in total. The topological polar surface area (TPSA) is 90.7 Å². The van der Waals surface area contributed by atoms with Crippen molar-refractivity contribution in [3.63, 3.8) is 0 Å². The maximum absolute atomic E-state index is 12.5. The predicted molar refractivity (Wildman–Crippen MR) is 93.3 cm³/mol. The van der Waals surface area contributed by atoms with Crippen molar-refractivity contribution in [2.75, 3.05) is 14.2 Å². The van der Waals surface area contributed by atoms with Gasteiger partial charge < -0.3 is 14.8 Å². The van der Waals surface area contributed by atoms with Crippen LogP contribution in [0.4, 0.5) is 5.69 Å². The molecule has 0 heterocycles. The maximum atomic E-state index is 12.5. The van der Waals surface area contributed by atoms with Crippen LogP contribution in [0.15, 0.2) is 36.4 Å². The Bertz CT molecular complexity index is 804. The zero-order chi connectivity index (χ0) is 18.6. The fraction of sp³-hybridized carbons (Fsp3) is 0.278. The maximum Gasteiger partial charge on any atom is 0.273 e. The first-order valence-electron chi connectivity index (χ1n) is 7.65. The largest absolute Gasteiger partial charge is 0.497 e. The fourth-order valence-electron chi connectivity index (χ4n) is 2.48. The van der Waals surface area contributed by atoms with E-state index in [4.69, 9.17) is 9.47 Å². The second-order valence-electron chi connectivity index (χ2n) is 5.56. The molecule has 0 spiro atoms. The van der Waals surface area contributed by atoms with E-state index in [0.717, 1.165) is 5.56 Å². The number of hydrogen-bond acceptors (Lipinski definition) is 5. The second kappa shape index (κ2) is 7.65. The normalized spacial score (nSPS) is 11.5. The Hall–Kier alpha value is -3.09. The number of rotatable bonds is 6. The van der Waals surface area contributed by atoms with Gasteiger partial charge in [-0.3, -0.25) is 14.9 Å². The van der Waals surface area contributed by atoms with Gasteiger partial charge in [0, 0.05) is 22.8 Å². The number of methoxy groups -OCH3 is 2. The summed E-state index contributed by atoms with van der Waals surface area (Å²) in [5.74, 6) is 0.854. The van der Waals surface area contributed by atoms with E-state index in [1.165, 1.54) is 6.07 Å². The molecule has 0 radical (unpaired) electrons. The van der Waals surface area contributed by atoms with Gasteiger partial charge in [0.1, 0.15) is 11.5 Å². The van der Waals surface area contributed by atoms with E-state index in [1.54, 1.807) is 58.4 Å². The lowest BCUT2D eigenvalue weighted by atomic mass is 10.1. The number of nitro benzene ring substituents is 1. The smallest absolute Gasteiger partial charge is 0.273 e. The quantitative estimate of drug-likeness (QED) is 0.640. The third kappa shape index (κ3) is 4.06. The molecule has 0 aromatic heterocycles. The summed E-state index contributed by atoms with van der Waals surface area (Å²) in [5, 5.41) is 13.9. The molecule has 1 atom stereocenters. The van der Waals surface area contributed by atoms with Gasteiger partial charge in [0.25, 0.3) is 11.6 Å². The number of carbonyl (C=O) groups is 1. The van der Waals surface area contributed by atoms with Gasteiger partial charge >= 0.3 is 0 Å². The Morgan fingerprint density at radius 2 is 1.88 bits per heavy atom. The van der Waals surface area contributed by atoms with E-state index in [-0.39, 0.29) is 17.3 Å². The molecular weight excluding hydrogens is 324 g/mol. The first-order chi connectivity index (χ1) is 11.9. The molecule has 2 rings (SSSR count). The van der Waals surface area contributed by atoms with Gasteiger partial charge in [-0.25, -0.2) is 0 Å². The number of benzene rings is 2. The lowest BCUT2D eigenvalue weighted by Gasteiger charge is -2.18. The third-order valence-corrected chi connectivity index (χ3v) is 3.92. The minimum absolute atomic E-state index is 0.0840. The number of aryl methyl sites for hydroxylation is 1. The van der Waals surface area contributed by atoms with Gasteiger partial charge in [-0.15, -0.1) is 0 Å². The Kier molecular flexibility index (Phi) is 5.59. The second-order valence-corrected chi connectivity index (χ2v) is 5.56. The average Bonchev–Trinajstić information content (AvgIpc) is 2.60. The van der Waals surface area contributed by atoms with Crippen LogP contribution in [0.25, 0.3) is 0 Å². The average molecular weight is 344 g/mol. The van der Waals surface area contributed by atoms with Gasteiger partial charge in [0.2, 0.25) is 0 Å². The van der Waals surface area contributed by atoms with Crippen LogP contribution >= 0.6 is 0 Å². The number of nitro groups is 1. The van der Waals surface area contributed by atoms with Gasteiger partial charge in [-0.05, 0) is 38.1 Å². The van der Waals surface area contributed by atoms with Gasteiger partial charge in [-0.2, -0.15) is 0 Å². The van der Waals surface area contributed by atoms with Crippen molar-refractivity contribution in [3.8, 4) is 11.5 Å². The van der Waals surface area contributed by atoms with Crippen LogP contribution in [-0.4, -0.2) is 25.1 Å². The molecule has 1 amide bonds. The number of hydrogen-bond donors (Lipinski definition) is 1. The lowest BCUT2D eigenvalue weighted by molar-refractivity contribution is -0.385. The summed E-state index contributed by atoms with van der Waals surface area (Å²) in [4.78, 5) is 23.0. The predicted octanol–water partition coefficient (Wildman–Crippen LogP) is 3.41. The summed E-state index contributed by atoms with van der Waals surface area (Å²) in [5.41, 5.74) is 1.39. The third-order valence-electron chi connectivity index (χ3n) is 3.92. The van der Waals surface area contributed by atoms with E-state index in [0.29, 0.717) is 17.1 Å². The van der Waals surface area contributed by atoms with Crippen molar-refractivity contribution < 1.29 is 19.2 Å². The van der Waals surface area contributed by atoms with E-state index >= 15 is 0 Å². The fourth-order valence-corrected chi connectivity index (χ4v) is 2.48. The van der Waals surface area contributed by atoms with Gasteiger partial charge in [0.15, 0.2) is 0 Å². The molecule has 132 valence electrons. The zero-order valence-corrected chi connectivity index (χ0v) is 14.5. The van der Waals surface area contributed by atoms with E-state index in [9.17, 15) is 14.9 Å². The van der Waals surface area contributed by atoms with Crippen molar-refractivity contribution in [3.05, 3.63) is 63.2 Å². The minimum atomic E-state index is -0.499. The highest BCUT2D eigenvalue weighted by atomic mass is 16.6. The monoisotopic (exact) mass is 344 g/mol. The Balaban J connectivity index is 2.26. The Morgan fingerprint density at radius 1 is 1.16 bits per heavy atom. The van der Waals surface area contributed by atoms with Crippen molar-refractivity contribution in [1.82, 2.24) is 5.32 Å². The van der Waals surface area contributed by atoms with Crippen LogP contribution in [0, 0.1) is 17.0 Å². The van der Waals surface area contributed by atoms with Crippen molar-refractivity contribution in [2.45, 2.75) is 19.9 Å². The molecule has 0 aliphatic rings. The van der Waals surface area contributed by atoms with Crippen molar-refractivity contribution in [2.24, 2.45) is 0 Å². The highest BCUT2D eigenvalue weighted by molar-refractivity contribution is 5.95. The van der Waals surface area contributed by atoms with E-state index in [1.807, 2.05) is 0 Å². The highest BCUT2D eigenvalue weighted by Crippen LogP contribution is 2.29. The Labute approximate surface area is 145 Å². The molecule has 7 heteroatoms. The molecule has 2 aromatic rings. The SMILES string of the molecule is COc1ccc(OC)c([C@H](C)NC(=O)c2ccc(C)c([N+](=O)[O-])c2)c1. The van der Waals surface area contributed by atoms with Crippen LogP contribution in [0.5, 0.6) is 11.5 Å². The summed E-state index contributed by atoms with van der Waals surface area (Å²) < 4.78 is 10.5. The van der Waals surface area contributed by atoms with Crippen molar-refractivity contribution in [1.29, 1.82) is 0 Å². The number of amides is 1. The van der Waals surface area contributed by atoms with E-state index in [2.05, 4.69) is 5.32 Å². The molecule has 25 heavy (non-hydrogen) atoms. The number of carbonyl (C=O) groups excluding carboxylic acids is 1. The number of nitrogens with one attached hydrogen (secondary N) is 1. The molecule has 0 saturated heterocycles. The molecular formula is C18H20N2O5. The number of nitrogens with zero attached hydrogens (tertiary/aromatic N) is 1. The van der Waals surface area contributed by atoms with Crippen LogP contribution in [0.3, 0.4) is 0 Å². The van der Waals surface area contributed by atoms with Gasteiger partial charge in [-0.1, -0.05) is 6.07 Å². The first-order valence-corrected chi connectivity index (χ1v) is 7.65. The minimum Gasteiger partial charge on any atom is -0.497 e. The van der Waals surface area contributed by atoms with Gasteiger partial charge in [0.05, 0.1) is 25.2 Å². The zero-order valence-electron chi connectivity index (χ0n) is 14.5. The first kappa shape index (κ1) is 18.3. The highest BCUT2D eigenvalue weighted by Gasteiger charge is 2.19.